The fourth-order valence-electron chi connectivity index (χ4n) is 0.999. The van der Waals surface area contributed by atoms with Gasteiger partial charge in [0.25, 0.3) is 0 Å². The summed E-state index contributed by atoms with van der Waals surface area (Å²) in [6.45, 7) is 13.7. The second-order valence-corrected chi connectivity index (χ2v) is 4.13. The standard InChI is InChI=1S/C6H15N.C5H10O2/c1-5(2)7-6(3)4;1-4(2)7-5(3)6/h5-7H,1-4H3;4H,1-3H3. The molecular weight excluding hydrogens is 178 g/mol. The molecule has 1 N–H and O–H groups in total. The van der Waals surface area contributed by atoms with Crippen LogP contribution in [0.5, 0.6) is 0 Å². The van der Waals surface area contributed by atoms with Crippen LogP contribution in [0.2, 0.25) is 0 Å². The smallest absolute Gasteiger partial charge is 0.302 e. The third kappa shape index (κ3) is 22.5. The highest BCUT2D eigenvalue weighted by Gasteiger charge is 1.93. The van der Waals surface area contributed by atoms with Crippen LogP contribution in [0, 0.1) is 0 Å². The molecule has 0 aromatic heterocycles. The number of nitrogens with one attached hydrogen (secondary N) is 1. The minimum absolute atomic E-state index is 0.0255. The lowest BCUT2D eigenvalue weighted by Gasteiger charge is -2.10. The number of rotatable bonds is 3. The van der Waals surface area contributed by atoms with Gasteiger partial charge in [-0.2, -0.15) is 0 Å². The summed E-state index contributed by atoms with van der Waals surface area (Å²) in [5.41, 5.74) is 0. The summed E-state index contributed by atoms with van der Waals surface area (Å²) in [6, 6.07) is 1.25. The molecule has 14 heavy (non-hydrogen) atoms. The Bertz CT molecular complexity index is 136. The van der Waals surface area contributed by atoms with E-state index in [1.807, 2.05) is 13.8 Å². The first kappa shape index (κ1) is 15.9. The van der Waals surface area contributed by atoms with Gasteiger partial charge in [0, 0.05) is 19.0 Å². The monoisotopic (exact) mass is 203 g/mol. The van der Waals surface area contributed by atoms with Crippen molar-refractivity contribution in [3.8, 4) is 0 Å². The summed E-state index contributed by atoms with van der Waals surface area (Å²) in [5, 5.41) is 3.31. The number of hydrogen-bond donors (Lipinski definition) is 1. The first-order valence-corrected chi connectivity index (χ1v) is 5.19. The molecule has 0 fully saturated rings. The van der Waals surface area contributed by atoms with E-state index in [0.717, 1.165) is 0 Å². The van der Waals surface area contributed by atoms with Crippen molar-refractivity contribution in [2.24, 2.45) is 0 Å². The van der Waals surface area contributed by atoms with Crippen LogP contribution in [0.1, 0.15) is 48.5 Å². The first-order chi connectivity index (χ1) is 6.25. The quantitative estimate of drug-likeness (QED) is 0.716. The maximum absolute atomic E-state index is 10.0. The van der Waals surface area contributed by atoms with Crippen LogP contribution in [-0.4, -0.2) is 24.2 Å². The molecule has 86 valence electrons. The van der Waals surface area contributed by atoms with E-state index in [9.17, 15) is 4.79 Å². The summed E-state index contributed by atoms with van der Waals surface area (Å²) in [4.78, 5) is 10.0. The lowest BCUT2D eigenvalue weighted by atomic mass is 10.3. The second-order valence-electron chi connectivity index (χ2n) is 4.13. The van der Waals surface area contributed by atoms with Crippen LogP contribution >= 0.6 is 0 Å². The van der Waals surface area contributed by atoms with Gasteiger partial charge in [-0.3, -0.25) is 4.79 Å². The Hall–Kier alpha value is -0.570. The van der Waals surface area contributed by atoms with Crippen LogP contribution in [0.15, 0.2) is 0 Å². The maximum atomic E-state index is 10.0. The average molecular weight is 203 g/mol. The third-order valence-electron chi connectivity index (χ3n) is 1.07. The third-order valence-corrected chi connectivity index (χ3v) is 1.07. The average Bonchev–Trinajstić information content (AvgIpc) is 1.79. The van der Waals surface area contributed by atoms with Gasteiger partial charge in [-0.1, -0.05) is 27.7 Å². The topological polar surface area (TPSA) is 38.3 Å². The van der Waals surface area contributed by atoms with Gasteiger partial charge in [-0.15, -0.1) is 0 Å². The van der Waals surface area contributed by atoms with Crippen molar-refractivity contribution in [3.05, 3.63) is 0 Å². The molecule has 0 saturated heterocycles. The van der Waals surface area contributed by atoms with Crippen molar-refractivity contribution in [1.29, 1.82) is 0 Å². The summed E-state index contributed by atoms with van der Waals surface area (Å²) in [7, 11) is 0. The number of esters is 1. The Morgan fingerprint density at radius 1 is 1.00 bits per heavy atom. The Balaban J connectivity index is 0. The van der Waals surface area contributed by atoms with Crippen molar-refractivity contribution in [3.63, 3.8) is 0 Å². The summed E-state index contributed by atoms with van der Waals surface area (Å²) < 4.78 is 4.61. The summed E-state index contributed by atoms with van der Waals surface area (Å²) in [6.07, 6.45) is 0.0255. The molecular formula is C11H25NO2. The second kappa shape index (κ2) is 9.00. The molecule has 0 amide bonds. The van der Waals surface area contributed by atoms with Gasteiger partial charge in [0.1, 0.15) is 0 Å². The molecule has 0 saturated carbocycles. The van der Waals surface area contributed by atoms with Crippen LogP contribution in [0.4, 0.5) is 0 Å². The van der Waals surface area contributed by atoms with E-state index in [2.05, 4.69) is 37.7 Å². The normalized spacial score (nSPS) is 10.1. The van der Waals surface area contributed by atoms with E-state index in [-0.39, 0.29) is 12.1 Å². The number of hydrogen-bond acceptors (Lipinski definition) is 3. The van der Waals surface area contributed by atoms with E-state index in [4.69, 9.17) is 0 Å². The van der Waals surface area contributed by atoms with E-state index in [0.29, 0.717) is 12.1 Å². The highest BCUT2D eigenvalue weighted by Crippen LogP contribution is 1.85. The molecule has 0 rings (SSSR count). The van der Waals surface area contributed by atoms with Gasteiger partial charge in [0.15, 0.2) is 0 Å². The zero-order valence-electron chi connectivity index (χ0n) is 10.5. The molecule has 3 nitrogen and oxygen atoms in total. The van der Waals surface area contributed by atoms with Crippen molar-refractivity contribution in [2.45, 2.75) is 66.7 Å². The predicted octanol–water partition coefficient (Wildman–Crippen LogP) is 2.35. The summed E-state index contributed by atoms with van der Waals surface area (Å²) in [5.74, 6) is -0.213. The molecule has 0 spiro atoms. The minimum atomic E-state index is -0.213. The van der Waals surface area contributed by atoms with Gasteiger partial charge in [-0.25, -0.2) is 0 Å². The number of carbonyl (C=O) groups excluding carboxylic acids is 1. The van der Waals surface area contributed by atoms with Gasteiger partial charge >= 0.3 is 5.97 Å². The van der Waals surface area contributed by atoms with E-state index in [1.165, 1.54) is 6.92 Å². The molecule has 0 unspecified atom stereocenters. The number of carbonyl (C=O) groups is 1. The molecule has 0 aliphatic carbocycles. The van der Waals surface area contributed by atoms with Crippen molar-refractivity contribution < 1.29 is 9.53 Å². The van der Waals surface area contributed by atoms with Crippen LogP contribution in [0.25, 0.3) is 0 Å². The Labute approximate surface area is 88.2 Å². The molecule has 3 heteroatoms. The molecule has 0 atom stereocenters. The molecule has 0 bridgehead atoms. The zero-order chi connectivity index (χ0) is 11.7. The van der Waals surface area contributed by atoms with Crippen molar-refractivity contribution in [2.75, 3.05) is 0 Å². The maximum Gasteiger partial charge on any atom is 0.302 e. The Kier molecular flexibility index (Phi) is 10.2. The largest absolute Gasteiger partial charge is 0.463 e. The van der Waals surface area contributed by atoms with Crippen molar-refractivity contribution in [1.82, 2.24) is 5.32 Å². The fraction of sp³-hybridized carbons (Fsp3) is 0.909. The van der Waals surface area contributed by atoms with Gasteiger partial charge in [0.05, 0.1) is 6.10 Å². The number of ether oxygens (including phenoxy) is 1. The zero-order valence-corrected chi connectivity index (χ0v) is 10.5. The predicted molar refractivity (Wildman–Crippen MR) is 60.3 cm³/mol. The molecule has 0 aliphatic heterocycles. The molecule has 0 aliphatic rings. The van der Waals surface area contributed by atoms with Gasteiger partial charge < -0.3 is 10.1 Å². The molecule has 0 radical (unpaired) electrons. The summed E-state index contributed by atoms with van der Waals surface area (Å²) >= 11 is 0. The van der Waals surface area contributed by atoms with Crippen LogP contribution in [0.3, 0.4) is 0 Å². The van der Waals surface area contributed by atoms with Crippen molar-refractivity contribution >= 4 is 5.97 Å². The van der Waals surface area contributed by atoms with Crippen LogP contribution < -0.4 is 5.32 Å². The fourth-order valence-corrected chi connectivity index (χ4v) is 0.999. The molecule has 0 heterocycles. The Morgan fingerprint density at radius 3 is 1.36 bits per heavy atom. The highest BCUT2D eigenvalue weighted by atomic mass is 16.5. The lowest BCUT2D eigenvalue weighted by Crippen LogP contribution is -2.29. The highest BCUT2D eigenvalue weighted by molar-refractivity contribution is 5.66. The van der Waals surface area contributed by atoms with Gasteiger partial charge in [-0.05, 0) is 13.8 Å². The SMILES string of the molecule is CC(=O)OC(C)C.CC(C)NC(C)C. The van der Waals surface area contributed by atoms with E-state index >= 15 is 0 Å². The van der Waals surface area contributed by atoms with E-state index < -0.39 is 0 Å². The first-order valence-electron chi connectivity index (χ1n) is 5.19. The van der Waals surface area contributed by atoms with Crippen LogP contribution in [-0.2, 0) is 9.53 Å². The van der Waals surface area contributed by atoms with E-state index in [1.54, 1.807) is 0 Å². The minimum Gasteiger partial charge on any atom is -0.463 e. The van der Waals surface area contributed by atoms with Gasteiger partial charge in [0.2, 0.25) is 0 Å². The Morgan fingerprint density at radius 2 is 1.36 bits per heavy atom. The molecule has 0 aromatic carbocycles. The lowest BCUT2D eigenvalue weighted by molar-refractivity contribution is -0.144. The molecule has 0 aromatic rings.